The van der Waals surface area contributed by atoms with Crippen LogP contribution < -0.4 is 0 Å². The van der Waals surface area contributed by atoms with Crippen LogP contribution in [0.25, 0.3) is 0 Å². The molecule has 1 aliphatic rings. The highest BCUT2D eigenvalue weighted by molar-refractivity contribution is 7.07. The van der Waals surface area contributed by atoms with Crippen LogP contribution in [0, 0.1) is 6.92 Å². The molecule has 1 aliphatic heterocycles. The monoisotopic (exact) mass is 331 g/mol. The summed E-state index contributed by atoms with van der Waals surface area (Å²) < 4.78 is 0. The number of piperazine rings is 1. The van der Waals surface area contributed by atoms with E-state index >= 15 is 0 Å². The maximum atomic E-state index is 9.43. The second kappa shape index (κ2) is 8.02. The molecule has 1 N–H and O–H groups in total. The Morgan fingerprint density at radius 2 is 2.17 bits per heavy atom. The molecule has 0 saturated carbocycles. The molecule has 1 saturated heterocycles. The average Bonchev–Trinajstić information content (AvgIpc) is 3.03. The minimum absolute atomic E-state index is 0.245. The lowest BCUT2D eigenvalue weighted by Gasteiger charge is -2.41. The molecular weight excluding hydrogens is 306 g/mol. The van der Waals surface area contributed by atoms with Crippen LogP contribution in [0.15, 0.2) is 35.0 Å². The summed E-state index contributed by atoms with van der Waals surface area (Å²) in [6.07, 6.45) is 0.825. The predicted octanol–water partition coefficient (Wildman–Crippen LogP) is 2.52. The minimum Gasteiger partial charge on any atom is -0.396 e. The summed E-state index contributed by atoms with van der Waals surface area (Å²) in [5, 5.41) is 13.8. The van der Waals surface area contributed by atoms with E-state index in [2.05, 4.69) is 43.7 Å². The van der Waals surface area contributed by atoms with Gasteiger partial charge in [-0.05, 0) is 47.9 Å². The van der Waals surface area contributed by atoms with Crippen LogP contribution in [0.1, 0.15) is 23.4 Å². The molecule has 1 atom stereocenters. The number of pyridine rings is 1. The van der Waals surface area contributed by atoms with E-state index in [-0.39, 0.29) is 6.61 Å². The van der Waals surface area contributed by atoms with Crippen LogP contribution in [0.4, 0.5) is 0 Å². The number of rotatable bonds is 6. The lowest BCUT2D eigenvalue weighted by molar-refractivity contribution is 0.0492. The number of aromatic nitrogens is 1. The first-order chi connectivity index (χ1) is 11.2. The molecule has 0 aliphatic carbocycles. The van der Waals surface area contributed by atoms with Crippen molar-refractivity contribution in [3.05, 3.63) is 52.0 Å². The van der Waals surface area contributed by atoms with Crippen LogP contribution in [-0.4, -0.2) is 52.2 Å². The van der Waals surface area contributed by atoms with Gasteiger partial charge >= 0.3 is 0 Å². The molecule has 2 aromatic rings. The average molecular weight is 331 g/mol. The van der Waals surface area contributed by atoms with Crippen molar-refractivity contribution in [1.29, 1.82) is 0 Å². The number of hydrogen-bond acceptors (Lipinski definition) is 5. The molecule has 23 heavy (non-hydrogen) atoms. The molecular formula is C18H25N3OS. The molecule has 1 fully saturated rings. The van der Waals surface area contributed by atoms with E-state index in [4.69, 9.17) is 0 Å². The Balaban J connectivity index is 1.62. The number of nitrogens with zero attached hydrogens (tertiary/aromatic N) is 3. The summed E-state index contributed by atoms with van der Waals surface area (Å²) >= 11 is 1.76. The third kappa shape index (κ3) is 4.61. The highest BCUT2D eigenvalue weighted by Crippen LogP contribution is 2.18. The molecule has 2 aromatic heterocycles. The fourth-order valence-corrected chi connectivity index (χ4v) is 3.93. The number of aryl methyl sites for hydroxylation is 1. The van der Waals surface area contributed by atoms with Gasteiger partial charge < -0.3 is 5.11 Å². The van der Waals surface area contributed by atoms with Gasteiger partial charge in [-0.3, -0.25) is 14.8 Å². The van der Waals surface area contributed by atoms with E-state index in [9.17, 15) is 5.11 Å². The highest BCUT2D eigenvalue weighted by atomic mass is 32.1. The van der Waals surface area contributed by atoms with Crippen molar-refractivity contribution in [2.75, 3.05) is 26.2 Å². The second-order valence-corrected chi connectivity index (χ2v) is 7.05. The van der Waals surface area contributed by atoms with Gasteiger partial charge in [-0.2, -0.15) is 11.3 Å². The van der Waals surface area contributed by atoms with E-state index < -0.39 is 0 Å². The number of thiophene rings is 1. The van der Waals surface area contributed by atoms with Gasteiger partial charge in [-0.15, -0.1) is 0 Å². The summed E-state index contributed by atoms with van der Waals surface area (Å²) in [5.74, 6) is 0. The normalized spacial score (nSPS) is 20.0. The quantitative estimate of drug-likeness (QED) is 0.883. The van der Waals surface area contributed by atoms with E-state index in [1.165, 1.54) is 5.56 Å². The Hall–Kier alpha value is -1.27. The van der Waals surface area contributed by atoms with Gasteiger partial charge in [0.15, 0.2) is 0 Å². The zero-order chi connectivity index (χ0) is 16.1. The Morgan fingerprint density at radius 1 is 1.26 bits per heavy atom. The predicted molar refractivity (Wildman–Crippen MR) is 94.5 cm³/mol. The molecule has 0 amide bonds. The van der Waals surface area contributed by atoms with Gasteiger partial charge in [0.25, 0.3) is 0 Å². The van der Waals surface area contributed by atoms with Crippen molar-refractivity contribution < 1.29 is 5.11 Å². The molecule has 5 heteroatoms. The molecule has 124 valence electrons. The Bertz CT molecular complexity index is 602. The van der Waals surface area contributed by atoms with Gasteiger partial charge in [0.1, 0.15) is 0 Å². The van der Waals surface area contributed by atoms with Crippen LogP contribution in [0.3, 0.4) is 0 Å². The first-order valence-corrected chi connectivity index (χ1v) is 9.20. The van der Waals surface area contributed by atoms with Gasteiger partial charge in [0.2, 0.25) is 0 Å². The largest absolute Gasteiger partial charge is 0.396 e. The first kappa shape index (κ1) is 16.6. The van der Waals surface area contributed by atoms with Crippen LogP contribution >= 0.6 is 11.3 Å². The smallest absolute Gasteiger partial charge is 0.0547 e. The first-order valence-electron chi connectivity index (χ1n) is 8.25. The molecule has 3 heterocycles. The standard InChI is InChI=1S/C18H25N3OS/c1-15-3-2-4-17(19-15)12-21-8-7-20(13-18(21)5-9-22)11-16-6-10-23-14-16/h2-4,6,10,14,18,22H,5,7-9,11-13H2,1H3/t18-/m1/s1. The van der Waals surface area contributed by atoms with Crippen molar-refractivity contribution >= 4 is 11.3 Å². The lowest BCUT2D eigenvalue weighted by Crippen LogP contribution is -2.52. The molecule has 0 spiro atoms. The molecule has 0 radical (unpaired) electrons. The second-order valence-electron chi connectivity index (χ2n) is 6.27. The zero-order valence-electron chi connectivity index (χ0n) is 13.7. The van der Waals surface area contributed by atoms with Crippen LogP contribution in [0.2, 0.25) is 0 Å². The SMILES string of the molecule is Cc1cccc(CN2CCN(Cc3ccsc3)C[C@H]2CCO)n1. The summed E-state index contributed by atoms with van der Waals surface area (Å²) in [6.45, 7) is 7.29. The highest BCUT2D eigenvalue weighted by Gasteiger charge is 2.26. The number of aliphatic hydroxyl groups is 1. The molecule has 0 bridgehead atoms. The molecule has 0 aromatic carbocycles. The molecule has 4 nitrogen and oxygen atoms in total. The van der Waals surface area contributed by atoms with Gasteiger partial charge in [-0.1, -0.05) is 6.07 Å². The number of aliphatic hydroxyl groups excluding tert-OH is 1. The van der Waals surface area contributed by atoms with E-state index in [1.54, 1.807) is 11.3 Å². The Morgan fingerprint density at radius 3 is 2.91 bits per heavy atom. The lowest BCUT2D eigenvalue weighted by atomic mass is 10.1. The maximum Gasteiger partial charge on any atom is 0.0547 e. The van der Waals surface area contributed by atoms with Crippen molar-refractivity contribution in [2.24, 2.45) is 0 Å². The van der Waals surface area contributed by atoms with Crippen molar-refractivity contribution in [1.82, 2.24) is 14.8 Å². The van der Waals surface area contributed by atoms with E-state index in [0.717, 1.165) is 50.5 Å². The summed E-state index contributed by atoms with van der Waals surface area (Å²) in [6, 6.07) is 8.81. The van der Waals surface area contributed by atoms with Crippen molar-refractivity contribution in [3.63, 3.8) is 0 Å². The van der Waals surface area contributed by atoms with Gasteiger partial charge in [0.05, 0.1) is 5.69 Å². The van der Waals surface area contributed by atoms with Crippen LogP contribution in [-0.2, 0) is 13.1 Å². The zero-order valence-corrected chi connectivity index (χ0v) is 14.5. The third-order valence-electron chi connectivity index (χ3n) is 4.45. The molecule has 3 rings (SSSR count). The van der Waals surface area contributed by atoms with Gasteiger partial charge in [0, 0.05) is 51.1 Å². The third-order valence-corrected chi connectivity index (χ3v) is 5.18. The molecule has 0 unspecified atom stereocenters. The van der Waals surface area contributed by atoms with Crippen molar-refractivity contribution in [2.45, 2.75) is 32.5 Å². The summed E-state index contributed by atoms with van der Waals surface area (Å²) in [4.78, 5) is 9.60. The minimum atomic E-state index is 0.245. The van der Waals surface area contributed by atoms with Crippen molar-refractivity contribution in [3.8, 4) is 0 Å². The summed E-state index contributed by atoms with van der Waals surface area (Å²) in [5.41, 5.74) is 3.59. The summed E-state index contributed by atoms with van der Waals surface area (Å²) in [7, 11) is 0. The topological polar surface area (TPSA) is 39.6 Å². The number of hydrogen-bond donors (Lipinski definition) is 1. The van der Waals surface area contributed by atoms with E-state index in [0.29, 0.717) is 6.04 Å². The Kier molecular flexibility index (Phi) is 5.78. The fraction of sp³-hybridized carbons (Fsp3) is 0.500. The van der Waals surface area contributed by atoms with Crippen LogP contribution in [0.5, 0.6) is 0 Å². The van der Waals surface area contributed by atoms with E-state index in [1.807, 2.05) is 13.0 Å². The van der Waals surface area contributed by atoms with Gasteiger partial charge in [-0.25, -0.2) is 0 Å². The Labute approximate surface area is 142 Å². The maximum absolute atomic E-state index is 9.43. The fourth-order valence-electron chi connectivity index (χ4n) is 3.27.